The summed E-state index contributed by atoms with van der Waals surface area (Å²) < 4.78 is 0. The zero-order valence-corrected chi connectivity index (χ0v) is 9.42. The molecule has 0 aromatic rings. The molecule has 5 nitrogen and oxygen atoms in total. The van der Waals surface area contributed by atoms with Gasteiger partial charge in [-0.2, -0.15) is 0 Å². The molecule has 16 heavy (non-hydrogen) atoms. The fraction of sp³-hybridized carbons (Fsp3) is 0.818. The molecule has 2 saturated heterocycles. The molecule has 0 spiro atoms. The molecule has 0 aromatic carbocycles. The summed E-state index contributed by atoms with van der Waals surface area (Å²) in [5, 5.41) is 9.02. The third kappa shape index (κ3) is 2.95. The van der Waals surface area contributed by atoms with E-state index in [0.29, 0.717) is 32.0 Å². The molecule has 5 heteroatoms. The van der Waals surface area contributed by atoms with E-state index < -0.39 is 0 Å². The van der Waals surface area contributed by atoms with Gasteiger partial charge in [-0.15, -0.1) is 0 Å². The lowest BCUT2D eigenvalue weighted by atomic mass is 9.98. The van der Waals surface area contributed by atoms with Crippen LogP contribution in [0.25, 0.3) is 0 Å². The third-order valence-corrected chi connectivity index (χ3v) is 3.32. The Bertz CT molecular complexity index is 264. The summed E-state index contributed by atoms with van der Waals surface area (Å²) in [5.74, 6) is 0.0920. The van der Waals surface area contributed by atoms with Crippen molar-refractivity contribution in [2.75, 3.05) is 19.6 Å². The lowest BCUT2D eigenvalue weighted by molar-refractivity contribution is -0.129. The molecule has 0 radical (unpaired) electrons. The first kappa shape index (κ1) is 11.4. The van der Waals surface area contributed by atoms with Gasteiger partial charge in [-0.05, 0) is 25.8 Å². The lowest BCUT2D eigenvalue weighted by Crippen LogP contribution is -2.45. The SMILES string of the molecule is O=C1CCC(C(=O)NCC2CCCN2)CN1. The standard InChI is InChI=1S/C11H19N3O2/c15-10-4-3-8(6-13-10)11(16)14-7-9-2-1-5-12-9/h8-9,12H,1-7H2,(H,13,15)(H,14,16). The Morgan fingerprint density at radius 1 is 1.44 bits per heavy atom. The highest BCUT2D eigenvalue weighted by Crippen LogP contribution is 2.11. The highest BCUT2D eigenvalue weighted by molar-refractivity contribution is 5.83. The van der Waals surface area contributed by atoms with Crippen molar-refractivity contribution in [2.24, 2.45) is 5.92 Å². The molecule has 2 atom stereocenters. The van der Waals surface area contributed by atoms with Crippen LogP contribution < -0.4 is 16.0 Å². The number of hydrogen-bond acceptors (Lipinski definition) is 3. The molecule has 2 unspecified atom stereocenters. The van der Waals surface area contributed by atoms with Crippen molar-refractivity contribution in [3.63, 3.8) is 0 Å². The number of carbonyl (C=O) groups is 2. The van der Waals surface area contributed by atoms with Gasteiger partial charge in [0.05, 0.1) is 5.92 Å². The fourth-order valence-corrected chi connectivity index (χ4v) is 2.26. The topological polar surface area (TPSA) is 70.2 Å². The lowest BCUT2D eigenvalue weighted by Gasteiger charge is -2.22. The Hall–Kier alpha value is -1.10. The van der Waals surface area contributed by atoms with Gasteiger partial charge < -0.3 is 16.0 Å². The summed E-state index contributed by atoms with van der Waals surface area (Å²) >= 11 is 0. The van der Waals surface area contributed by atoms with E-state index >= 15 is 0 Å². The number of piperidine rings is 1. The Kier molecular flexibility index (Phi) is 3.77. The van der Waals surface area contributed by atoms with E-state index in [1.807, 2.05) is 0 Å². The number of amides is 2. The minimum absolute atomic E-state index is 0.0425. The van der Waals surface area contributed by atoms with Gasteiger partial charge in [0.1, 0.15) is 0 Å². The predicted molar refractivity (Wildman–Crippen MR) is 59.8 cm³/mol. The Balaban J connectivity index is 1.68. The second-order valence-electron chi connectivity index (χ2n) is 4.58. The van der Waals surface area contributed by atoms with Gasteiger partial charge in [0.25, 0.3) is 0 Å². The average Bonchev–Trinajstić information content (AvgIpc) is 2.80. The van der Waals surface area contributed by atoms with Crippen molar-refractivity contribution >= 4 is 11.8 Å². The Morgan fingerprint density at radius 2 is 2.31 bits per heavy atom. The Morgan fingerprint density at radius 3 is 2.94 bits per heavy atom. The molecule has 2 fully saturated rings. The van der Waals surface area contributed by atoms with Gasteiger partial charge in [0.15, 0.2) is 0 Å². The van der Waals surface area contributed by atoms with Gasteiger partial charge in [-0.25, -0.2) is 0 Å². The molecular formula is C11H19N3O2. The maximum absolute atomic E-state index is 11.8. The van der Waals surface area contributed by atoms with Crippen molar-refractivity contribution in [3.8, 4) is 0 Å². The maximum atomic E-state index is 11.8. The van der Waals surface area contributed by atoms with Crippen LogP contribution in [0, 0.1) is 5.92 Å². The van der Waals surface area contributed by atoms with E-state index in [0.717, 1.165) is 13.0 Å². The summed E-state index contributed by atoms with van der Waals surface area (Å²) in [6, 6.07) is 0.433. The number of nitrogens with one attached hydrogen (secondary N) is 3. The quantitative estimate of drug-likeness (QED) is 0.599. The molecule has 0 saturated carbocycles. The van der Waals surface area contributed by atoms with Gasteiger partial charge in [0.2, 0.25) is 11.8 Å². The molecule has 2 aliphatic rings. The minimum atomic E-state index is -0.0425. The predicted octanol–water partition coefficient (Wildman–Crippen LogP) is -0.619. The molecule has 2 heterocycles. The van der Waals surface area contributed by atoms with Crippen molar-refractivity contribution in [1.29, 1.82) is 0 Å². The van der Waals surface area contributed by atoms with Crippen LogP contribution in [0.4, 0.5) is 0 Å². The van der Waals surface area contributed by atoms with E-state index in [4.69, 9.17) is 0 Å². The summed E-state index contributed by atoms with van der Waals surface area (Å²) in [6.07, 6.45) is 3.48. The largest absolute Gasteiger partial charge is 0.355 e. The van der Waals surface area contributed by atoms with E-state index in [1.165, 1.54) is 6.42 Å². The van der Waals surface area contributed by atoms with Crippen LogP contribution in [0.1, 0.15) is 25.7 Å². The van der Waals surface area contributed by atoms with Crippen LogP contribution >= 0.6 is 0 Å². The summed E-state index contributed by atoms with van der Waals surface area (Å²) in [7, 11) is 0. The van der Waals surface area contributed by atoms with Crippen LogP contribution in [-0.2, 0) is 9.59 Å². The summed E-state index contributed by atoms with van der Waals surface area (Å²) in [4.78, 5) is 22.7. The zero-order chi connectivity index (χ0) is 11.4. The molecule has 2 aliphatic heterocycles. The number of hydrogen-bond donors (Lipinski definition) is 3. The minimum Gasteiger partial charge on any atom is -0.355 e. The highest BCUT2D eigenvalue weighted by Gasteiger charge is 2.25. The van der Waals surface area contributed by atoms with Gasteiger partial charge in [-0.3, -0.25) is 9.59 Å². The van der Waals surface area contributed by atoms with Crippen molar-refractivity contribution in [1.82, 2.24) is 16.0 Å². The van der Waals surface area contributed by atoms with Gasteiger partial charge >= 0.3 is 0 Å². The first-order valence-electron chi connectivity index (χ1n) is 6.03. The average molecular weight is 225 g/mol. The third-order valence-electron chi connectivity index (χ3n) is 3.32. The number of rotatable bonds is 3. The summed E-state index contributed by atoms with van der Waals surface area (Å²) in [6.45, 7) is 2.26. The maximum Gasteiger partial charge on any atom is 0.224 e. The van der Waals surface area contributed by atoms with E-state index in [-0.39, 0.29) is 17.7 Å². The normalized spacial score (nSPS) is 29.9. The molecular weight excluding hydrogens is 206 g/mol. The van der Waals surface area contributed by atoms with E-state index in [2.05, 4.69) is 16.0 Å². The second-order valence-corrected chi connectivity index (χ2v) is 4.58. The molecule has 2 rings (SSSR count). The van der Waals surface area contributed by atoms with Gasteiger partial charge in [0, 0.05) is 25.6 Å². The fourth-order valence-electron chi connectivity index (χ4n) is 2.26. The molecule has 0 aliphatic carbocycles. The van der Waals surface area contributed by atoms with Crippen LogP contribution in [-0.4, -0.2) is 37.5 Å². The van der Waals surface area contributed by atoms with Crippen LogP contribution in [0.3, 0.4) is 0 Å². The van der Waals surface area contributed by atoms with Gasteiger partial charge in [-0.1, -0.05) is 0 Å². The zero-order valence-electron chi connectivity index (χ0n) is 9.42. The van der Waals surface area contributed by atoms with Crippen molar-refractivity contribution in [3.05, 3.63) is 0 Å². The summed E-state index contributed by atoms with van der Waals surface area (Å²) in [5.41, 5.74) is 0. The first-order valence-corrected chi connectivity index (χ1v) is 6.03. The Labute approximate surface area is 95.3 Å². The van der Waals surface area contributed by atoms with E-state index in [1.54, 1.807) is 0 Å². The monoisotopic (exact) mass is 225 g/mol. The second kappa shape index (κ2) is 5.30. The van der Waals surface area contributed by atoms with E-state index in [9.17, 15) is 9.59 Å². The first-order chi connectivity index (χ1) is 7.75. The van der Waals surface area contributed by atoms with Crippen LogP contribution in [0.5, 0.6) is 0 Å². The van der Waals surface area contributed by atoms with Crippen LogP contribution in [0.2, 0.25) is 0 Å². The molecule has 2 amide bonds. The van der Waals surface area contributed by atoms with Crippen LogP contribution in [0.15, 0.2) is 0 Å². The highest BCUT2D eigenvalue weighted by atomic mass is 16.2. The molecule has 3 N–H and O–H groups in total. The van der Waals surface area contributed by atoms with Crippen molar-refractivity contribution in [2.45, 2.75) is 31.7 Å². The molecule has 0 aromatic heterocycles. The molecule has 0 bridgehead atoms. The molecule has 90 valence electrons. The number of carbonyl (C=O) groups excluding carboxylic acids is 2. The van der Waals surface area contributed by atoms with Crippen molar-refractivity contribution < 1.29 is 9.59 Å². The smallest absolute Gasteiger partial charge is 0.224 e.